The van der Waals surface area contributed by atoms with E-state index in [1.807, 2.05) is 13.1 Å². The number of fused-ring (bicyclic) bond motifs is 1. The molecule has 0 radical (unpaired) electrons. The van der Waals surface area contributed by atoms with Crippen molar-refractivity contribution in [1.82, 2.24) is 24.9 Å². The first kappa shape index (κ1) is 14.8. The Kier molecular flexibility index (Phi) is 3.69. The molecule has 3 N–H and O–H groups in total. The lowest BCUT2D eigenvalue weighted by molar-refractivity contribution is -0.116. The van der Waals surface area contributed by atoms with Gasteiger partial charge in [-0.25, -0.2) is 19.9 Å². The monoisotopic (exact) mass is 341 g/mol. The number of carbonyl (C=O) groups excluding carboxylic acids is 1. The van der Waals surface area contributed by atoms with Gasteiger partial charge in [0.05, 0.1) is 10.9 Å². The van der Waals surface area contributed by atoms with Crippen molar-refractivity contribution in [3.05, 3.63) is 35.5 Å². The summed E-state index contributed by atoms with van der Waals surface area (Å²) in [6, 6.07) is -0.0182. The number of anilines is 2. The second kappa shape index (κ2) is 6.00. The molecule has 0 fully saturated rings. The number of thiazole rings is 1. The van der Waals surface area contributed by atoms with E-state index in [-0.39, 0.29) is 11.9 Å². The second-order valence-electron chi connectivity index (χ2n) is 5.46. The first-order chi connectivity index (χ1) is 11.7. The van der Waals surface area contributed by atoms with Gasteiger partial charge >= 0.3 is 0 Å². The molecule has 0 bridgehead atoms. The van der Waals surface area contributed by atoms with Gasteiger partial charge in [-0.15, -0.1) is 11.3 Å². The molecule has 4 rings (SSSR count). The zero-order valence-corrected chi connectivity index (χ0v) is 13.7. The lowest BCUT2D eigenvalue weighted by Gasteiger charge is -2.20. The number of aromatic amines is 1. The molecule has 0 aromatic carbocycles. The summed E-state index contributed by atoms with van der Waals surface area (Å²) in [5.41, 5.74) is 0.937. The molecule has 3 aromatic heterocycles. The quantitative estimate of drug-likeness (QED) is 0.672. The average Bonchev–Trinajstić information content (AvgIpc) is 3.26. The van der Waals surface area contributed by atoms with Crippen LogP contribution in [0, 0.1) is 0 Å². The minimum Gasteiger partial charge on any atom is -0.361 e. The van der Waals surface area contributed by atoms with Crippen LogP contribution in [-0.4, -0.2) is 30.8 Å². The molecule has 8 nitrogen and oxygen atoms in total. The van der Waals surface area contributed by atoms with Crippen LogP contribution in [0.5, 0.6) is 0 Å². The smallest absolute Gasteiger partial charge is 0.225 e. The molecule has 0 saturated heterocycles. The summed E-state index contributed by atoms with van der Waals surface area (Å²) in [4.78, 5) is 32.7. The molecule has 0 saturated carbocycles. The minimum absolute atomic E-state index is 0.0109. The zero-order valence-electron chi connectivity index (χ0n) is 12.9. The largest absolute Gasteiger partial charge is 0.361 e. The van der Waals surface area contributed by atoms with Crippen LogP contribution in [0.3, 0.4) is 0 Å². The van der Waals surface area contributed by atoms with Crippen LogP contribution in [0.25, 0.3) is 10.7 Å². The number of hydrogen-bond donors (Lipinski definition) is 3. The van der Waals surface area contributed by atoms with Crippen LogP contribution in [0.1, 0.15) is 30.0 Å². The van der Waals surface area contributed by atoms with Crippen molar-refractivity contribution in [3.8, 4) is 10.7 Å². The summed E-state index contributed by atoms with van der Waals surface area (Å²) in [5.74, 6) is 2.13. The summed E-state index contributed by atoms with van der Waals surface area (Å²) in [7, 11) is 0. The predicted octanol–water partition coefficient (Wildman–Crippen LogP) is 2.38. The van der Waals surface area contributed by atoms with Gasteiger partial charge in [-0.05, 0) is 13.3 Å². The maximum Gasteiger partial charge on any atom is 0.225 e. The number of carbonyl (C=O) groups is 1. The standard InChI is InChI=1S/C15H15N7OS/c1-8(15-18-6-10(24-15)14-16-4-5-17-14)21-12-9-2-3-11(23)22-13(9)20-7-19-12/h4-8H,2-3H2,1H3,(H,16,17)(H2,19,20,21,22,23)/t8-/m1/s1. The zero-order chi connectivity index (χ0) is 16.5. The van der Waals surface area contributed by atoms with Crippen molar-refractivity contribution in [2.24, 2.45) is 0 Å². The van der Waals surface area contributed by atoms with Crippen LogP contribution < -0.4 is 10.6 Å². The van der Waals surface area contributed by atoms with Gasteiger partial charge in [0, 0.05) is 30.6 Å². The lowest BCUT2D eigenvalue weighted by Crippen LogP contribution is -2.22. The highest BCUT2D eigenvalue weighted by Crippen LogP contribution is 2.31. The van der Waals surface area contributed by atoms with Crippen LogP contribution in [0.15, 0.2) is 24.9 Å². The van der Waals surface area contributed by atoms with Gasteiger partial charge in [0.1, 0.15) is 28.8 Å². The molecule has 9 heteroatoms. The normalized spacial score (nSPS) is 14.8. The lowest BCUT2D eigenvalue weighted by atomic mass is 10.1. The predicted molar refractivity (Wildman–Crippen MR) is 90.7 cm³/mol. The third-order valence-electron chi connectivity index (χ3n) is 3.78. The highest BCUT2D eigenvalue weighted by Gasteiger charge is 2.21. The Morgan fingerprint density at radius 3 is 3.00 bits per heavy atom. The summed E-state index contributed by atoms with van der Waals surface area (Å²) in [6.07, 6.45) is 7.86. The van der Waals surface area contributed by atoms with Gasteiger partial charge in [0.25, 0.3) is 0 Å². The molecule has 0 aliphatic carbocycles. The molecule has 1 aliphatic rings. The van der Waals surface area contributed by atoms with Crippen LogP contribution in [0.4, 0.5) is 11.6 Å². The van der Waals surface area contributed by atoms with Crippen molar-refractivity contribution in [1.29, 1.82) is 0 Å². The Morgan fingerprint density at radius 2 is 2.17 bits per heavy atom. The maximum absolute atomic E-state index is 11.5. The Labute approximate surface area is 141 Å². The van der Waals surface area contributed by atoms with E-state index in [9.17, 15) is 4.79 Å². The van der Waals surface area contributed by atoms with Gasteiger partial charge in [-0.3, -0.25) is 4.79 Å². The van der Waals surface area contributed by atoms with Crippen molar-refractivity contribution in [2.75, 3.05) is 10.6 Å². The first-order valence-electron chi connectivity index (χ1n) is 7.56. The van der Waals surface area contributed by atoms with E-state index in [1.165, 1.54) is 6.33 Å². The van der Waals surface area contributed by atoms with Crippen molar-refractivity contribution < 1.29 is 4.79 Å². The van der Waals surface area contributed by atoms with E-state index in [0.717, 1.165) is 27.1 Å². The van der Waals surface area contributed by atoms with E-state index in [0.29, 0.717) is 18.7 Å². The third-order valence-corrected chi connectivity index (χ3v) is 4.97. The van der Waals surface area contributed by atoms with Crippen molar-refractivity contribution >= 4 is 28.9 Å². The summed E-state index contributed by atoms with van der Waals surface area (Å²) < 4.78 is 0. The number of nitrogens with one attached hydrogen (secondary N) is 3. The molecule has 1 aliphatic heterocycles. The molecule has 0 spiro atoms. The molecule has 3 aromatic rings. The number of hydrogen-bond acceptors (Lipinski definition) is 7. The van der Waals surface area contributed by atoms with Crippen LogP contribution in [-0.2, 0) is 11.2 Å². The van der Waals surface area contributed by atoms with Gasteiger partial charge in [-0.2, -0.15) is 0 Å². The van der Waals surface area contributed by atoms with Gasteiger partial charge in [0.2, 0.25) is 5.91 Å². The highest BCUT2D eigenvalue weighted by atomic mass is 32.1. The summed E-state index contributed by atoms with van der Waals surface area (Å²) in [5, 5.41) is 7.09. The van der Waals surface area contributed by atoms with Crippen LogP contribution >= 0.6 is 11.3 Å². The molecular weight excluding hydrogens is 326 g/mol. The fraction of sp³-hybridized carbons (Fsp3) is 0.267. The van der Waals surface area contributed by atoms with E-state index >= 15 is 0 Å². The Morgan fingerprint density at radius 1 is 1.25 bits per heavy atom. The molecule has 1 atom stereocenters. The van der Waals surface area contributed by atoms with Crippen LogP contribution in [0.2, 0.25) is 0 Å². The van der Waals surface area contributed by atoms with Gasteiger partial charge in [-0.1, -0.05) is 0 Å². The Bertz CT molecular complexity index is 874. The van der Waals surface area contributed by atoms with Gasteiger partial charge in [0.15, 0.2) is 0 Å². The number of nitrogens with zero attached hydrogens (tertiary/aromatic N) is 4. The Hall–Kier alpha value is -2.81. The number of H-pyrrole nitrogens is 1. The fourth-order valence-electron chi connectivity index (χ4n) is 2.58. The third kappa shape index (κ3) is 2.73. The minimum atomic E-state index is -0.0182. The number of aromatic nitrogens is 5. The molecule has 122 valence electrons. The Balaban J connectivity index is 1.56. The van der Waals surface area contributed by atoms with E-state index in [4.69, 9.17) is 0 Å². The van der Waals surface area contributed by atoms with E-state index in [2.05, 4.69) is 35.6 Å². The van der Waals surface area contributed by atoms with Crippen molar-refractivity contribution in [2.45, 2.75) is 25.8 Å². The molecule has 4 heterocycles. The summed E-state index contributed by atoms with van der Waals surface area (Å²) >= 11 is 1.58. The molecule has 1 amide bonds. The van der Waals surface area contributed by atoms with E-state index in [1.54, 1.807) is 23.7 Å². The number of imidazole rings is 1. The SMILES string of the molecule is C[C@@H](Nc1ncnc2c1CCC(=O)N2)c1ncc(-c2ncc[nH]2)s1. The van der Waals surface area contributed by atoms with Gasteiger partial charge < -0.3 is 15.6 Å². The average molecular weight is 341 g/mol. The topological polar surface area (TPSA) is 108 Å². The number of amides is 1. The molecule has 0 unspecified atom stereocenters. The first-order valence-corrected chi connectivity index (χ1v) is 8.38. The van der Waals surface area contributed by atoms with Crippen molar-refractivity contribution in [3.63, 3.8) is 0 Å². The maximum atomic E-state index is 11.5. The van der Waals surface area contributed by atoms with E-state index < -0.39 is 0 Å². The summed E-state index contributed by atoms with van der Waals surface area (Å²) in [6.45, 7) is 2.03. The number of rotatable bonds is 4. The second-order valence-corrected chi connectivity index (χ2v) is 6.53. The molecular formula is C15H15N7OS. The highest BCUT2D eigenvalue weighted by molar-refractivity contribution is 7.15. The molecule has 24 heavy (non-hydrogen) atoms. The fourth-order valence-corrected chi connectivity index (χ4v) is 3.46.